The number of rotatable bonds is 6. The minimum atomic E-state index is -0.489. The van der Waals surface area contributed by atoms with E-state index >= 15 is 0 Å². The van der Waals surface area contributed by atoms with Crippen molar-refractivity contribution < 1.29 is 9.53 Å². The molecule has 0 aliphatic rings. The summed E-state index contributed by atoms with van der Waals surface area (Å²) in [5.41, 5.74) is 2.37. The molecule has 0 saturated heterocycles. The number of carbonyl (C=O) groups is 1. The second-order valence-corrected chi connectivity index (χ2v) is 8.48. The molecule has 4 rings (SSSR count). The topological polar surface area (TPSA) is 64.1 Å². The van der Waals surface area contributed by atoms with Crippen LogP contribution in [0.3, 0.4) is 0 Å². The van der Waals surface area contributed by atoms with Gasteiger partial charge >= 0.3 is 0 Å². The number of hydrogen-bond donors (Lipinski definition) is 1. The first-order valence-electron chi connectivity index (χ1n) is 8.70. The third-order valence-electron chi connectivity index (χ3n) is 4.20. The molecule has 5 nitrogen and oxygen atoms in total. The lowest BCUT2D eigenvalue weighted by Gasteiger charge is -2.17. The first-order chi connectivity index (χ1) is 14.2. The van der Waals surface area contributed by atoms with Crippen molar-refractivity contribution in [3.05, 3.63) is 76.9 Å². The summed E-state index contributed by atoms with van der Waals surface area (Å²) in [6, 6.07) is 16.7. The number of benzene rings is 2. The molecule has 4 aromatic rings. The molecule has 29 heavy (non-hydrogen) atoms. The summed E-state index contributed by atoms with van der Waals surface area (Å²) in [7, 11) is 1.55. The Morgan fingerprint density at radius 3 is 2.76 bits per heavy atom. The van der Waals surface area contributed by atoms with Crippen molar-refractivity contribution in [2.45, 2.75) is 10.3 Å². The molecule has 8 heteroatoms. The number of fused-ring (bicyclic) bond motifs is 1. The van der Waals surface area contributed by atoms with Crippen molar-refractivity contribution in [1.82, 2.24) is 9.97 Å². The molecule has 0 aliphatic carbocycles. The second-order valence-electron chi connectivity index (χ2n) is 6.06. The first-order valence-corrected chi connectivity index (χ1v) is 10.8. The molecular formula is C21H16ClN3O2S2. The highest BCUT2D eigenvalue weighted by molar-refractivity contribution is 8.00. The number of carbonyl (C=O) groups excluding carboxylic acids is 1. The Kier molecular flexibility index (Phi) is 5.99. The Morgan fingerprint density at radius 1 is 1.17 bits per heavy atom. The SMILES string of the molecule is COc1ccc(NC(=O)C(Sc2ncnc3ccsc23)c2ccccc2)cc1Cl. The van der Waals surface area contributed by atoms with Crippen LogP contribution >= 0.6 is 34.7 Å². The van der Waals surface area contributed by atoms with Crippen LogP contribution in [0.2, 0.25) is 5.02 Å². The normalized spacial score (nSPS) is 11.9. The number of thioether (sulfide) groups is 1. The lowest BCUT2D eigenvalue weighted by Crippen LogP contribution is -2.19. The maximum Gasteiger partial charge on any atom is 0.242 e. The predicted molar refractivity (Wildman–Crippen MR) is 119 cm³/mol. The van der Waals surface area contributed by atoms with Gasteiger partial charge in [-0.3, -0.25) is 4.79 Å². The van der Waals surface area contributed by atoms with E-state index in [2.05, 4.69) is 15.3 Å². The molecule has 1 atom stereocenters. The van der Waals surface area contributed by atoms with E-state index in [4.69, 9.17) is 16.3 Å². The van der Waals surface area contributed by atoms with Crippen LogP contribution in [0.5, 0.6) is 5.75 Å². The Bertz CT molecular complexity index is 1150. The van der Waals surface area contributed by atoms with E-state index in [-0.39, 0.29) is 5.91 Å². The maximum atomic E-state index is 13.2. The molecule has 1 amide bonds. The summed E-state index contributed by atoms with van der Waals surface area (Å²) in [5, 5.41) is 5.65. The van der Waals surface area contributed by atoms with Crippen LogP contribution in [-0.2, 0) is 4.79 Å². The van der Waals surface area contributed by atoms with Crippen LogP contribution in [-0.4, -0.2) is 23.0 Å². The number of hydrogen-bond acceptors (Lipinski definition) is 6. The number of nitrogens with one attached hydrogen (secondary N) is 1. The van der Waals surface area contributed by atoms with Gasteiger partial charge in [0.1, 0.15) is 22.4 Å². The van der Waals surface area contributed by atoms with Gasteiger partial charge < -0.3 is 10.1 Å². The molecule has 0 aliphatic heterocycles. The van der Waals surface area contributed by atoms with Crippen LogP contribution in [0.25, 0.3) is 10.2 Å². The zero-order valence-electron chi connectivity index (χ0n) is 15.3. The maximum absolute atomic E-state index is 13.2. The number of aromatic nitrogens is 2. The van der Waals surface area contributed by atoms with Crippen molar-refractivity contribution in [3.8, 4) is 5.75 Å². The number of nitrogens with zero attached hydrogens (tertiary/aromatic N) is 2. The largest absolute Gasteiger partial charge is 0.495 e. The monoisotopic (exact) mass is 441 g/mol. The summed E-state index contributed by atoms with van der Waals surface area (Å²) in [6.07, 6.45) is 1.53. The smallest absolute Gasteiger partial charge is 0.242 e. The molecule has 2 heterocycles. The average Bonchev–Trinajstić information content (AvgIpc) is 3.22. The molecule has 0 spiro atoms. The fourth-order valence-electron chi connectivity index (χ4n) is 2.81. The van der Waals surface area contributed by atoms with Crippen molar-refractivity contribution in [2.75, 3.05) is 12.4 Å². The first kappa shape index (κ1) is 19.7. The van der Waals surface area contributed by atoms with Crippen molar-refractivity contribution in [1.29, 1.82) is 0 Å². The highest BCUT2D eigenvalue weighted by Crippen LogP contribution is 2.39. The van der Waals surface area contributed by atoms with Gasteiger partial charge in [-0.15, -0.1) is 11.3 Å². The fraction of sp³-hybridized carbons (Fsp3) is 0.0952. The van der Waals surface area contributed by atoms with E-state index < -0.39 is 5.25 Å². The number of anilines is 1. The quantitative estimate of drug-likeness (QED) is 0.301. The highest BCUT2D eigenvalue weighted by atomic mass is 35.5. The molecule has 2 aromatic heterocycles. The third-order valence-corrected chi connectivity index (χ3v) is 6.79. The minimum absolute atomic E-state index is 0.161. The highest BCUT2D eigenvalue weighted by Gasteiger charge is 2.24. The van der Waals surface area contributed by atoms with Crippen LogP contribution < -0.4 is 10.1 Å². The number of ether oxygens (including phenoxy) is 1. The fourth-order valence-corrected chi connectivity index (χ4v) is 5.09. The summed E-state index contributed by atoms with van der Waals surface area (Å²) in [5.74, 6) is 0.394. The van der Waals surface area contributed by atoms with Crippen LogP contribution in [0.15, 0.2) is 71.3 Å². The van der Waals surface area contributed by atoms with Crippen molar-refractivity contribution in [2.24, 2.45) is 0 Å². The molecule has 1 N–H and O–H groups in total. The Labute approximate surface area is 181 Å². The van der Waals surface area contributed by atoms with E-state index in [1.165, 1.54) is 18.1 Å². The zero-order valence-corrected chi connectivity index (χ0v) is 17.7. The molecule has 0 fully saturated rings. The lowest BCUT2D eigenvalue weighted by molar-refractivity contribution is -0.115. The third kappa shape index (κ3) is 4.37. The number of halogens is 1. The van der Waals surface area contributed by atoms with Crippen LogP contribution in [0, 0.1) is 0 Å². The van der Waals surface area contributed by atoms with Gasteiger partial charge in [0.15, 0.2) is 0 Å². The molecule has 1 unspecified atom stereocenters. The van der Waals surface area contributed by atoms with Gasteiger partial charge in [0.05, 0.1) is 22.3 Å². The predicted octanol–water partition coefficient (Wildman–Crippen LogP) is 5.83. The Morgan fingerprint density at radius 2 is 2.00 bits per heavy atom. The average molecular weight is 442 g/mol. The Hall–Kier alpha value is -2.61. The van der Waals surface area contributed by atoms with Gasteiger partial charge in [-0.1, -0.05) is 53.7 Å². The van der Waals surface area contributed by atoms with Crippen LogP contribution in [0.1, 0.15) is 10.8 Å². The number of methoxy groups -OCH3 is 1. The van der Waals surface area contributed by atoms with Gasteiger partial charge in [-0.05, 0) is 35.2 Å². The summed E-state index contributed by atoms with van der Waals surface area (Å²) in [6.45, 7) is 0. The summed E-state index contributed by atoms with van der Waals surface area (Å²) >= 11 is 9.16. The number of amides is 1. The molecule has 0 radical (unpaired) electrons. The molecule has 146 valence electrons. The van der Waals surface area contributed by atoms with E-state index in [1.807, 2.05) is 41.8 Å². The Balaban J connectivity index is 1.65. The van der Waals surface area contributed by atoms with Gasteiger partial charge in [0.2, 0.25) is 5.91 Å². The summed E-state index contributed by atoms with van der Waals surface area (Å²) < 4.78 is 6.14. The van der Waals surface area contributed by atoms with E-state index in [0.29, 0.717) is 16.5 Å². The number of thiophene rings is 1. The van der Waals surface area contributed by atoms with Gasteiger partial charge in [0.25, 0.3) is 0 Å². The molecule has 0 saturated carbocycles. The van der Waals surface area contributed by atoms with E-state index in [9.17, 15) is 4.79 Å². The minimum Gasteiger partial charge on any atom is -0.495 e. The zero-order chi connectivity index (χ0) is 20.2. The van der Waals surface area contributed by atoms with Gasteiger partial charge in [-0.2, -0.15) is 0 Å². The second kappa shape index (κ2) is 8.82. The van der Waals surface area contributed by atoms with E-state index in [0.717, 1.165) is 20.8 Å². The van der Waals surface area contributed by atoms with Gasteiger partial charge in [-0.25, -0.2) is 9.97 Å². The molecular weight excluding hydrogens is 426 g/mol. The molecule has 0 bridgehead atoms. The summed E-state index contributed by atoms with van der Waals surface area (Å²) in [4.78, 5) is 21.9. The lowest BCUT2D eigenvalue weighted by atomic mass is 10.1. The van der Waals surface area contributed by atoms with Gasteiger partial charge in [0, 0.05) is 5.69 Å². The van der Waals surface area contributed by atoms with Crippen LogP contribution in [0.4, 0.5) is 5.69 Å². The molecule has 2 aromatic carbocycles. The van der Waals surface area contributed by atoms with E-state index in [1.54, 1.807) is 36.6 Å². The standard InChI is InChI=1S/C21H16ClN3O2S2/c1-27-17-8-7-14(11-15(17)22)25-20(26)18(13-5-3-2-4-6-13)29-21-19-16(9-10-28-19)23-12-24-21/h2-12,18H,1H3,(H,25,26). The van der Waals surface area contributed by atoms with Crippen molar-refractivity contribution >= 4 is 56.5 Å². The van der Waals surface area contributed by atoms with Crippen molar-refractivity contribution in [3.63, 3.8) is 0 Å².